The zero-order valence-corrected chi connectivity index (χ0v) is 16.9. The van der Waals surface area contributed by atoms with Crippen LogP contribution in [0.4, 0.5) is 13.2 Å². The Morgan fingerprint density at radius 1 is 1.00 bits per heavy atom. The van der Waals surface area contributed by atoms with Crippen molar-refractivity contribution >= 4 is 23.6 Å². The number of fused-ring (bicyclic) bond motifs is 1. The fourth-order valence-corrected chi connectivity index (χ4v) is 3.96. The second-order valence-corrected chi connectivity index (χ2v) is 7.91. The third-order valence-electron chi connectivity index (χ3n) is 4.69. The molecule has 4 rings (SSSR count). The molecule has 10 heteroatoms. The summed E-state index contributed by atoms with van der Waals surface area (Å²) >= 11 is 1.47. The van der Waals surface area contributed by atoms with E-state index in [-0.39, 0.29) is 29.1 Å². The van der Waals surface area contributed by atoms with Gasteiger partial charge in [0.25, 0.3) is 11.8 Å². The van der Waals surface area contributed by atoms with Gasteiger partial charge < -0.3 is 4.52 Å². The molecule has 1 aliphatic heterocycles. The van der Waals surface area contributed by atoms with Gasteiger partial charge in [0.15, 0.2) is 0 Å². The Morgan fingerprint density at radius 2 is 1.71 bits per heavy atom. The predicted octanol–water partition coefficient (Wildman–Crippen LogP) is 4.67. The van der Waals surface area contributed by atoms with Crippen molar-refractivity contribution in [3.63, 3.8) is 0 Å². The number of alkyl halides is 3. The highest BCUT2D eigenvalue weighted by Crippen LogP contribution is 2.31. The molecule has 2 amide bonds. The molecule has 31 heavy (non-hydrogen) atoms. The molecule has 0 saturated carbocycles. The molecular weight excluding hydrogens is 431 g/mol. The van der Waals surface area contributed by atoms with E-state index in [4.69, 9.17) is 4.52 Å². The third kappa shape index (κ3) is 4.48. The Hall–Kier alpha value is -3.14. The van der Waals surface area contributed by atoms with Gasteiger partial charge in [-0.05, 0) is 36.4 Å². The summed E-state index contributed by atoms with van der Waals surface area (Å²) in [4.78, 5) is 30.0. The average Bonchev–Trinajstić information content (AvgIpc) is 3.32. The van der Waals surface area contributed by atoms with Gasteiger partial charge >= 0.3 is 6.18 Å². The van der Waals surface area contributed by atoms with E-state index in [0.717, 1.165) is 12.1 Å². The molecule has 0 atom stereocenters. The van der Waals surface area contributed by atoms with Crippen molar-refractivity contribution < 1.29 is 27.3 Å². The van der Waals surface area contributed by atoms with Gasteiger partial charge in [-0.3, -0.25) is 14.5 Å². The lowest BCUT2D eigenvalue weighted by atomic mass is 10.1. The van der Waals surface area contributed by atoms with Crippen molar-refractivity contribution in [2.75, 3.05) is 12.3 Å². The second-order valence-electron chi connectivity index (χ2n) is 6.80. The molecule has 1 aromatic heterocycles. The van der Waals surface area contributed by atoms with Crippen LogP contribution in [-0.2, 0) is 11.9 Å². The smallest absolute Gasteiger partial charge is 0.338 e. The maximum Gasteiger partial charge on any atom is 0.416 e. The van der Waals surface area contributed by atoms with Gasteiger partial charge in [0.05, 0.1) is 22.4 Å². The Balaban J connectivity index is 1.27. The number of carbonyl (C=O) groups excluding carboxylic acids is 2. The monoisotopic (exact) mass is 447 g/mol. The van der Waals surface area contributed by atoms with E-state index in [1.54, 1.807) is 24.3 Å². The summed E-state index contributed by atoms with van der Waals surface area (Å²) in [5.41, 5.74) is 0.292. The van der Waals surface area contributed by atoms with Gasteiger partial charge in [-0.2, -0.15) is 29.9 Å². The van der Waals surface area contributed by atoms with Crippen LogP contribution in [0.5, 0.6) is 0 Å². The Labute approximate surface area is 179 Å². The highest BCUT2D eigenvalue weighted by atomic mass is 32.2. The molecule has 160 valence electrons. The van der Waals surface area contributed by atoms with E-state index >= 15 is 0 Å². The predicted molar refractivity (Wildman–Crippen MR) is 107 cm³/mol. The molecule has 3 aromatic rings. The van der Waals surface area contributed by atoms with Gasteiger partial charge in [-0.1, -0.05) is 29.4 Å². The summed E-state index contributed by atoms with van der Waals surface area (Å²) in [6, 6.07) is 11.5. The lowest BCUT2D eigenvalue weighted by Crippen LogP contribution is -2.31. The molecule has 2 aromatic carbocycles. The minimum absolute atomic E-state index is 0.0905. The molecule has 0 unspecified atom stereocenters. The quantitative estimate of drug-likeness (QED) is 0.387. The normalized spacial score (nSPS) is 13.7. The van der Waals surface area contributed by atoms with Crippen molar-refractivity contribution in [1.82, 2.24) is 15.0 Å². The highest BCUT2D eigenvalue weighted by molar-refractivity contribution is 7.98. The summed E-state index contributed by atoms with van der Waals surface area (Å²) in [6.07, 6.45) is -3.86. The van der Waals surface area contributed by atoms with Crippen molar-refractivity contribution in [3.05, 3.63) is 71.1 Å². The SMILES string of the molecule is O=C1c2ccccc2C(=O)N1CCCSCc1nc(-c2cccc(C(F)(F)F)c2)no1. The number of hydrogen-bond acceptors (Lipinski definition) is 6. The van der Waals surface area contributed by atoms with E-state index in [9.17, 15) is 22.8 Å². The number of amides is 2. The van der Waals surface area contributed by atoms with E-state index < -0.39 is 11.7 Å². The number of halogens is 3. The first kappa shape index (κ1) is 21.1. The van der Waals surface area contributed by atoms with E-state index in [2.05, 4.69) is 10.1 Å². The average molecular weight is 447 g/mol. The van der Waals surface area contributed by atoms with Crippen molar-refractivity contribution in [2.24, 2.45) is 0 Å². The van der Waals surface area contributed by atoms with Gasteiger partial charge in [-0.15, -0.1) is 0 Å². The first-order chi connectivity index (χ1) is 14.8. The summed E-state index contributed by atoms with van der Waals surface area (Å²) in [5, 5.41) is 3.75. The molecule has 6 nitrogen and oxygen atoms in total. The molecule has 0 saturated heterocycles. The van der Waals surface area contributed by atoms with Crippen LogP contribution in [0, 0.1) is 0 Å². The van der Waals surface area contributed by atoms with Gasteiger partial charge in [0.1, 0.15) is 0 Å². The molecule has 0 fully saturated rings. The molecule has 0 radical (unpaired) electrons. The lowest BCUT2D eigenvalue weighted by Gasteiger charge is -2.13. The Kier molecular flexibility index (Phi) is 5.81. The zero-order chi connectivity index (χ0) is 22.0. The third-order valence-corrected chi connectivity index (χ3v) is 5.72. The fraction of sp³-hybridized carbons (Fsp3) is 0.238. The maximum absolute atomic E-state index is 12.9. The molecule has 0 bridgehead atoms. The number of nitrogens with zero attached hydrogens (tertiary/aromatic N) is 3. The topological polar surface area (TPSA) is 76.3 Å². The highest BCUT2D eigenvalue weighted by Gasteiger charge is 2.34. The Bertz CT molecular complexity index is 1100. The lowest BCUT2D eigenvalue weighted by molar-refractivity contribution is -0.137. The van der Waals surface area contributed by atoms with E-state index in [0.29, 0.717) is 35.6 Å². The van der Waals surface area contributed by atoms with Crippen LogP contribution in [0.25, 0.3) is 11.4 Å². The number of imide groups is 1. The van der Waals surface area contributed by atoms with E-state index in [1.165, 1.54) is 28.8 Å². The molecule has 2 heterocycles. The van der Waals surface area contributed by atoms with Crippen molar-refractivity contribution in [1.29, 1.82) is 0 Å². The number of carbonyl (C=O) groups is 2. The fourth-order valence-electron chi connectivity index (χ4n) is 3.19. The first-order valence-electron chi connectivity index (χ1n) is 9.38. The molecule has 0 N–H and O–H groups in total. The number of thioether (sulfide) groups is 1. The van der Waals surface area contributed by atoms with Gasteiger partial charge in [0.2, 0.25) is 11.7 Å². The molecule has 1 aliphatic rings. The molecule has 0 spiro atoms. The summed E-state index contributed by atoms with van der Waals surface area (Å²) in [5.74, 6) is 0.815. The molecular formula is C21H16F3N3O3S. The van der Waals surface area contributed by atoms with E-state index in [1.807, 2.05) is 0 Å². The van der Waals surface area contributed by atoms with Crippen molar-refractivity contribution in [3.8, 4) is 11.4 Å². The van der Waals surface area contributed by atoms with Crippen LogP contribution in [0.15, 0.2) is 53.1 Å². The van der Waals surface area contributed by atoms with Gasteiger partial charge in [0, 0.05) is 12.1 Å². The minimum atomic E-state index is -4.45. The second kappa shape index (κ2) is 8.54. The molecule has 0 aliphatic carbocycles. The van der Waals surface area contributed by atoms with Crippen LogP contribution < -0.4 is 0 Å². The van der Waals surface area contributed by atoms with Crippen molar-refractivity contribution in [2.45, 2.75) is 18.3 Å². The maximum atomic E-state index is 12.9. The minimum Gasteiger partial charge on any atom is -0.338 e. The van der Waals surface area contributed by atoms with Crippen LogP contribution >= 0.6 is 11.8 Å². The van der Waals surface area contributed by atoms with Gasteiger partial charge in [-0.25, -0.2) is 0 Å². The van der Waals surface area contributed by atoms with Crippen LogP contribution in [-0.4, -0.2) is 39.2 Å². The summed E-state index contributed by atoms with van der Waals surface area (Å²) in [7, 11) is 0. The first-order valence-corrected chi connectivity index (χ1v) is 10.5. The van der Waals surface area contributed by atoms with Crippen LogP contribution in [0.3, 0.4) is 0 Å². The number of benzene rings is 2. The standard InChI is InChI=1S/C21H16F3N3O3S/c22-21(23,24)14-6-3-5-13(11-14)18-25-17(30-26-18)12-31-10-4-9-27-19(28)15-7-1-2-8-16(15)20(27)29/h1-3,5-8,11H,4,9-10,12H2. The summed E-state index contributed by atoms with van der Waals surface area (Å²) < 4.78 is 43.7. The summed E-state index contributed by atoms with van der Waals surface area (Å²) in [6.45, 7) is 0.304. The van der Waals surface area contributed by atoms with Crippen LogP contribution in [0.1, 0.15) is 38.6 Å². The largest absolute Gasteiger partial charge is 0.416 e. The number of hydrogen-bond donors (Lipinski definition) is 0. The number of aromatic nitrogens is 2. The van der Waals surface area contributed by atoms with Crippen LogP contribution in [0.2, 0.25) is 0 Å². The zero-order valence-electron chi connectivity index (χ0n) is 16.1. The number of rotatable bonds is 7. The Morgan fingerprint density at radius 3 is 2.39 bits per heavy atom.